The van der Waals surface area contributed by atoms with Gasteiger partial charge in [0.25, 0.3) is 0 Å². The summed E-state index contributed by atoms with van der Waals surface area (Å²) in [5.41, 5.74) is -0.315. The molecule has 0 radical (unpaired) electrons. The molecule has 1 aromatic rings. The van der Waals surface area contributed by atoms with Crippen LogP contribution < -0.4 is 11.0 Å². The van der Waals surface area contributed by atoms with Crippen molar-refractivity contribution in [3.05, 3.63) is 22.7 Å². The minimum absolute atomic E-state index is 0.00463. The Morgan fingerprint density at radius 2 is 2.42 bits per heavy atom. The van der Waals surface area contributed by atoms with E-state index in [0.717, 1.165) is 32.2 Å². The van der Waals surface area contributed by atoms with Gasteiger partial charge in [-0.1, -0.05) is 13.3 Å². The molecule has 1 aliphatic rings. The molecule has 0 bridgehead atoms. The monoisotopic (exact) mass is 267 g/mol. The summed E-state index contributed by atoms with van der Waals surface area (Å²) in [5, 5.41) is 12.1. The summed E-state index contributed by atoms with van der Waals surface area (Å²) in [6.07, 6.45) is 4.88. The van der Waals surface area contributed by atoms with Gasteiger partial charge in [-0.2, -0.15) is 4.98 Å². The van der Waals surface area contributed by atoms with Gasteiger partial charge >= 0.3 is 5.69 Å². The zero-order valence-corrected chi connectivity index (χ0v) is 11.2. The fourth-order valence-electron chi connectivity index (χ4n) is 2.15. The molecule has 0 aromatic carbocycles. The Balaban J connectivity index is 2.01. The van der Waals surface area contributed by atoms with Crippen LogP contribution in [0.5, 0.6) is 0 Å². The molecule has 0 amide bonds. The fourth-order valence-corrected chi connectivity index (χ4v) is 2.15. The Labute approximate surface area is 112 Å². The number of aromatic nitrogens is 2. The van der Waals surface area contributed by atoms with Crippen molar-refractivity contribution >= 4 is 5.82 Å². The van der Waals surface area contributed by atoms with E-state index in [4.69, 9.17) is 9.84 Å². The summed E-state index contributed by atoms with van der Waals surface area (Å²) >= 11 is 0. The topological polar surface area (TPSA) is 76.4 Å². The van der Waals surface area contributed by atoms with Crippen LogP contribution in [0.4, 0.5) is 5.82 Å². The zero-order valence-electron chi connectivity index (χ0n) is 11.2. The second-order valence-electron chi connectivity index (χ2n) is 4.76. The van der Waals surface area contributed by atoms with Gasteiger partial charge in [-0.15, -0.1) is 0 Å². The standard InChI is InChI=1S/C13H21N3O3/c1-2-3-7-14-11-6-8-16(13(18)15-11)12-5-4-10(9-17)19-12/h6,8,10,12,17H,2-5,7,9H2,1H3,(H,14,15,18)/t10-,12+/m0/s1. The Kier molecular flexibility index (Phi) is 4.93. The maximum Gasteiger partial charge on any atom is 0.351 e. The number of nitrogens with zero attached hydrogens (tertiary/aromatic N) is 2. The summed E-state index contributed by atoms with van der Waals surface area (Å²) < 4.78 is 7.06. The van der Waals surface area contributed by atoms with Crippen LogP contribution in [0.1, 0.15) is 38.8 Å². The molecule has 6 nitrogen and oxygen atoms in total. The maximum absolute atomic E-state index is 11.9. The van der Waals surface area contributed by atoms with E-state index >= 15 is 0 Å². The highest BCUT2D eigenvalue weighted by Crippen LogP contribution is 2.26. The lowest BCUT2D eigenvalue weighted by Gasteiger charge is -2.15. The van der Waals surface area contributed by atoms with E-state index in [1.165, 1.54) is 4.57 Å². The highest BCUT2D eigenvalue weighted by molar-refractivity contribution is 5.31. The van der Waals surface area contributed by atoms with Crippen molar-refractivity contribution < 1.29 is 9.84 Å². The second-order valence-corrected chi connectivity index (χ2v) is 4.76. The van der Waals surface area contributed by atoms with E-state index in [0.29, 0.717) is 5.82 Å². The highest BCUT2D eigenvalue weighted by atomic mass is 16.5. The second kappa shape index (κ2) is 6.68. The van der Waals surface area contributed by atoms with Crippen molar-refractivity contribution in [3.8, 4) is 0 Å². The van der Waals surface area contributed by atoms with Crippen molar-refractivity contribution in [1.29, 1.82) is 0 Å². The van der Waals surface area contributed by atoms with Crippen LogP contribution in [0.2, 0.25) is 0 Å². The summed E-state index contributed by atoms with van der Waals surface area (Å²) in [5.74, 6) is 0.603. The van der Waals surface area contributed by atoms with E-state index in [-0.39, 0.29) is 24.6 Å². The SMILES string of the molecule is CCCCNc1ccn([C@H]2CC[C@@H](CO)O2)c(=O)n1. The van der Waals surface area contributed by atoms with Crippen molar-refractivity contribution in [2.45, 2.75) is 44.9 Å². The Hall–Kier alpha value is -1.40. The predicted molar refractivity (Wildman–Crippen MR) is 72.1 cm³/mol. The third-order valence-electron chi connectivity index (χ3n) is 3.27. The molecule has 0 unspecified atom stereocenters. The van der Waals surface area contributed by atoms with Gasteiger partial charge in [0, 0.05) is 12.7 Å². The minimum Gasteiger partial charge on any atom is -0.394 e. The van der Waals surface area contributed by atoms with Gasteiger partial charge in [0.15, 0.2) is 0 Å². The third-order valence-corrected chi connectivity index (χ3v) is 3.27. The lowest BCUT2D eigenvalue weighted by atomic mass is 10.2. The lowest BCUT2D eigenvalue weighted by Crippen LogP contribution is -2.28. The van der Waals surface area contributed by atoms with Crippen LogP contribution in [0.25, 0.3) is 0 Å². The number of hydrogen-bond donors (Lipinski definition) is 2. The number of unbranched alkanes of at least 4 members (excludes halogenated alkanes) is 1. The van der Waals surface area contributed by atoms with Gasteiger partial charge in [0.05, 0.1) is 12.7 Å². The molecular formula is C13H21N3O3. The summed E-state index contributed by atoms with van der Waals surface area (Å²) in [6.45, 7) is 2.93. The number of nitrogens with one attached hydrogen (secondary N) is 1. The van der Waals surface area contributed by atoms with Crippen LogP contribution in [0, 0.1) is 0 Å². The molecule has 106 valence electrons. The van der Waals surface area contributed by atoms with E-state index in [2.05, 4.69) is 17.2 Å². The number of ether oxygens (including phenoxy) is 1. The molecule has 2 heterocycles. The van der Waals surface area contributed by atoms with Crippen molar-refractivity contribution in [1.82, 2.24) is 9.55 Å². The molecule has 0 spiro atoms. The molecule has 1 saturated heterocycles. The van der Waals surface area contributed by atoms with Crippen LogP contribution in [-0.4, -0.2) is 33.9 Å². The van der Waals surface area contributed by atoms with Gasteiger partial charge in [0.2, 0.25) is 0 Å². The van der Waals surface area contributed by atoms with Crippen LogP contribution in [0.3, 0.4) is 0 Å². The Morgan fingerprint density at radius 1 is 1.58 bits per heavy atom. The summed E-state index contributed by atoms with van der Waals surface area (Å²) in [6, 6.07) is 1.78. The van der Waals surface area contributed by atoms with Crippen LogP contribution >= 0.6 is 0 Å². The molecule has 1 aromatic heterocycles. The average molecular weight is 267 g/mol. The van der Waals surface area contributed by atoms with Gasteiger partial charge in [-0.3, -0.25) is 4.57 Å². The largest absolute Gasteiger partial charge is 0.394 e. The zero-order chi connectivity index (χ0) is 13.7. The molecule has 1 fully saturated rings. The summed E-state index contributed by atoms with van der Waals surface area (Å²) in [4.78, 5) is 15.9. The number of hydrogen-bond acceptors (Lipinski definition) is 5. The first kappa shape index (κ1) is 14.0. The van der Waals surface area contributed by atoms with Crippen molar-refractivity contribution in [3.63, 3.8) is 0 Å². The maximum atomic E-state index is 11.9. The first-order valence-corrected chi connectivity index (χ1v) is 6.84. The molecule has 1 aliphatic heterocycles. The third kappa shape index (κ3) is 3.54. The van der Waals surface area contributed by atoms with Crippen molar-refractivity contribution in [2.75, 3.05) is 18.5 Å². The van der Waals surface area contributed by atoms with Crippen LogP contribution in [0.15, 0.2) is 17.1 Å². The Bertz CT molecular complexity index is 461. The van der Waals surface area contributed by atoms with E-state index in [9.17, 15) is 4.79 Å². The molecular weight excluding hydrogens is 246 g/mol. The molecule has 0 saturated carbocycles. The fraction of sp³-hybridized carbons (Fsp3) is 0.692. The number of aliphatic hydroxyl groups excluding tert-OH is 1. The molecule has 2 rings (SSSR count). The molecule has 6 heteroatoms. The van der Waals surface area contributed by atoms with Gasteiger partial charge in [-0.05, 0) is 25.3 Å². The van der Waals surface area contributed by atoms with E-state index < -0.39 is 0 Å². The molecule has 19 heavy (non-hydrogen) atoms. The van der Waals surface area contributed by atoms with Gasteiger partial charge in [0.1, 0.15) is 12.0 Å². The smallest absolute Gasteiger partial charge is 0.351 e. The highest BCUT2D eigenvalue weighted by Gasteiger charge is 2.26. The normalized spacial score (nSPS) is 22.6. The molecule has 2 N–H and O–H groups in total. The number of rotatable bonds is 6. The minimum atomic E-state index is -0.315. The predicted octanol–water partition coefficient (Wildman–Crippen LogP) is 1.13. The van der Waals surface area contributed by atoms with Gasteiger partial charge in [-0.25, -0.2) is 4.79 Å². The quantitative estimate of drug-likeness (QED) is 0.755. The number of anilines is 1. The van der Waals surface area contributed by atoms with Crippen molar-refractivity contribution in [2.24, 2.45) is 0 Å². The average Bonchev–Trinajstić information content (AvgIpc) is 2.88. The van der Waals surface area contributed by atoms with E-state index in [1.807, 2.05) is 0 Å². The first-order chi connectivity index (χ1) is 9.24. The van der Waals surface area contributed by atoms with E-state index in [1.54, 1.807) is 12.3 Å². The molecule has 2 atom stereocenters. The number of aliphatic hydroxyl groups is 1. The van der Waals surface area contributed by atoms with Gasteiger partial charge < -0.3 is 15.2 Å². The Morgan fingerprint density at radius 3 is 3.05 bits per heavy atom. The first-order valence-electron chi connectivity index (χ1n) is 6.84. The lowest BCUT2D eigenvalue weighted by molar-refractivity contribution is -0.0245. The molecule has 0 aliphatic carbocycles. The van der Waals surface area contributed by atoms with Crippen LogP contribution in [-0.2, 0) is 4.74 Å². The summed E-state index contributed by atoms with van der Waals surface area (Å²) in [7, 11) is 0.